The maximum absolute atomic E-state index is 12.9. The minimum absolute atomic E-state index is 0.112. The van der Waals surface area contributed by atoms with Gasteiger partial charge in [0, 0.05) is 12.1 Å². The number of hydrogen-bond donors (Lipinski definition) is 2. The molecule has 6 nitrogen and oxygen atoms in total. The van der Waals surface area contributed by atoms with Gasteiger partial charge in [-0.2, -0.15) is 5.06 Å². The van der Waals surface area contributed by atoms with Gasteiger partial charge < -0.3 is 10.1 Å². The molecule has 1 aliphatic carbocycles. The zero-order valence-corrected chi connectivity index (χ0v) is 17.6. The maximum atomic E-state index is 12.9. The Hall–Kier alpha value is -3.64. The van der Waals surface area contributed by atoms with E-state index < -0.39 is 5.91 Å². The first-order valence-corrected chi connectivity index (χ1v) is 10.8. The summed E-state index contributed by atoms with van der Waals surface area (Å²) in [5.74, 6) is 0.913. The number of nitrogens with zero attached hydrogens (tertiary/aromatic N) is 1. The van der Waals surface area contributed by atoms with Gasteiger partial charge in [0.1, 0.15) is 11.5 Å². The van der Waals surface area contributed by atoms with E-state index in [0.717, 1.165) is 24.8 Å². The Kier molecular flexibility index (Phi) is 5.15. The number of rotatable bonds is 4. The number of aryl methyl sites for hydroxylation is 1. The van der Waals surface area contributed by atoms with Crippen LogP contribution in [-0.4, -0.2) is 23.6 Å². The first-order valence-electron chi connectivity index (χ1n) is 10.8. The van der Waals surface area contributed by atoms with E-state index in [2.05, 4.69) is 5.32 Å². The summed E-state index contributed by atoms with van der Waals surface area (Å²) in [6, 6.07) is 21.6. The fourth-order valence-electron chi connectivity index (χ4n) is 4.64. The monoisotopic (exact) mass is 428 g/mol. The number of benzene rings is 3. The Morgan fingerprint density at radius 2 is 1.69 bits per heavy atom. The molecule has 1 atom stereocenters. The Labute approximate surface area is 186 Å². The van der Waals surface area contributed by atoms with Crippen molar-refractivity contribution in [2.75, 3.05) is 11.6 Å². The smallest absolute Gasteiger partial charge is 0.281 e. The number of amides is 2. The Morgan fingerprint density at radius 3 is 2.41 bits per heavy atom. The standard InChI is InChI=1S/C26H24N2O4/c29-24(28(31)21-8-10-23(11-9-21)32-22-4-2-1-3-5-22)19-7-6-18-12-13-26(17-20(18)16-19)14-15-27-25(26)30/h1-11,16,31H,12-15,17H2,(H,27,30)/t26-/m1/s1. The third-order valence-corrected chi connectivity index (χ3v) is 6.48. The van der Waals surface area contributed by atoms with Crippen molar-refractivity contribution < 1.29 is 19.5 Å². The van der Waals surface area contributed by atoms with E-state index in [1.165, 1.54) is 5.56 Å². The number of anilines is 1. The highest BCUT2D eigenvalue weighted by Crippen LogP contribution is 2.41. The summed E-state index contributed by atoms with van der Waals surface area (Å²) in [5.41, 5.74) is 2.56. The van der Waals surface area contributed by atoms with Gasteiger partial charge in [-0.3, -0.25) is 14.8 Å². The van der Waals surface area contributed by atoms with Gasteiger partial charge in [-0.1, -0.05) is 24.3 Å². The summed E-state index contributed by atoms with van der Waals surface area (Å²) in [5, 5.41) is 14.1. The van der Waals surface area contributed by atoms with Crippen LogP contribution in [0.5, 0.6) is 11.5 Å². The molecule has 1 spiro atoms. The van der Waals surface area contributed by atoms with Crippen LogP contribution in [0, 0.1) is 5.41 Å². The van der Waals surface area contributed by atoms with E-state index in [9.17, 15) is 14.8 Å². The van der Waals surface area contributed by atoms with Crippen molar-refractivity contribution in [1.29, 1.82) is 0 Å². The Morgan fingerprint density at radius 1 is 0.938 bits per heavy atom. The van der Waals surface area contributed by atoms with Gasteiger partial charge in [-0.25, -0.2) is 0 Å². The van der Waals surface area contributed by atoms with Gasteiger partial charge in [0.15, 0.2) is 0 Å². The molecule has 0 bridgehead atoms. The molecule has 3 aromatic rings. The van der Waals surface area contributed by atoms with Crippen LogP contribution in [0.25, 0.3) is 0 Å². The van der Waals surface area contributed by atoms with Crippen LogP contribution in [0.4, 0.5) is 5.69 Å². The highest BCUT2D eigenvalue weighted by molar-refractivity contribution is 6.04. The third-order valence-electron chi connectivity index (χ3n) is 6.48. The number of para-hydroxylation sites is 1. The van der Waals surface area contributed by atoms with E-state index >= 15 is 0 Å². The number of nitrogens with one attached hydrogen (secondary N) is 1. The van der Waals surface area contributed by atoms with Crippen LogP contribution in [0.1, 0.15) is 34.3 Å². The van der Waals surface area contributed by atoms with Crippen molar-refractivity contribution in [1.82, 2.24) is 5.32 Å². The fraction of sp³-hybridized carbons (Fsp3) is 0.231. The van der Waals surface area contributed by atoms with E-state index in [1.54, 1.807) is 30.3 Å². The average molecular weight is 428 g/mol. The van der Waals surface area contributed by atoms with Crippen molar-refractivity contribution >= 4 is 17.5 Å². The molecule has 32 heavy (non-hydrogen) atoms. The number of fused-ring (bicyclic) bond motifs is 1. The minimum Gasteiger partial charge on any atom is -0.457 e. The van der Waals surface area contributed by atoms with Crippen molar-refractivity contribution in [3.63, 3.8) is 0 Å². The molecule has 1 saturated heterocycles. The molecule has 0 aromatic heterocycles. The molecule has 162 valence electrons. The minimum atomic E-state index is -0.514. The van der Waals surface area contributed by atoms with Crippen LogP contribution < -0.4 is 15.1 Å². The number of hydroxylamine groups is 1. The van der Waals surface area contributed by atoms with Crippen LogP contribution in [0.15, 0.2) is 72.8 Å². The molecule has 1 heterocycles. The summed E-state index contributed by atoms with van der Waals surface area (Å²) >= 11 is 0. The van der Waals surface area contributed by atoms with E-state index in [4.69, 9.17) is 4.74 Å². The van der Waals surface area contributed by atoms with Crippen LogP contribution in [0.3, 0.4) is 0 Å². The third kappa shape index (κ3) is 3.74. The fourth-order valence-corrected chi connectivity index (χ4v) is 4.64. The molecule has 1 fully saturated rings. The Balaban J connectivity index is 1.32. The lowest BCUT2D eigenvalue weighted by molar-refractivity contribution is -0.128. The SMILES string of the molecule is O=C(c1ccc2c(c1)C[C@]1(CCNC1=O)CC2)N(O)c1ccc(Oc2ccccc2)cc1. The zero-order chi connectivity index (χ0) is 22.1. The van der Waals surface area contributed by atoms with Crippen LogP contribution in [-0.2, 0) is 17.6 Å². The molecule has 0 saturated carbocycles. The van der Waals surface area contributed by atoms with Crippen molar-refractivity contribution in [2.45, 2.75) is 25.7 Å². The second kappa shape index (κ2) is 8.13. The molecular formula is C26H24N2O4. The molecule has 0 radical (unpaired) electrons. The second-order valence-corrected chi connectivity index (χ2v) is 8.47. The van der Waals surface area contributed by atoms with Crippen molar-refractivity contribution in [3.8, 4) is 11.5 Å². The molecule has 1 aliphatic heterocycles. The normalized spacial score (nSPS) is 19.3. The quantitative estimate of drug-likeness (QED) is 0.473. The Bertz CT molecular complexity index is 1160. The maximum Gasteiger partial charge on any atom is 0.281 e. The lowest BCUT2D eigenvalue weighted by atomic mass is 9.70. The largest absolute Gasteiger partial charge is 0.457 e. The van der Waals surface area contributed by atoms with Gasteiger partial charge >= 0.3 is 0 Å². The molecule has 5 rings (SSSR count). The van der Waals surface area contributed by atoms with E-state index in [-0.39, 0.29) is 11.3 Å². The van der Waals surface area contributed by atoms with Crippen molar-refractivity contribution in [2.24, 2.45) is 5.41 Å². The molecule has 6 heteroatoms. The first-order chi connectivity index (χ1) is 15.5. The highest BCUT2D eigenvalue weighted by atomic mass is 16.5. The predicted molar refractivity (Wildman–Crippen MR) is 120 cm³/mol. The van der Waals surface area contributed by atoms with Gasteiger partial charge in [0.2, 0.25) is 5.91 Å². The van der Waals surface area contributed by atoms with Crippen molar-refractivity contribution in [3.05, 3.63) is 89.5 Å². The van der Waals surface area contributed by atoms with Crippen LogP contribution in [0.2, 0.25) is 0 Å². The van der Waals surface area contributed by atoms with Gasteiger partial charge in [0.25, 0.3) is 5.91 Å². The van der Waals surface area contributed by atoms with Gasteiger partial charge in [-0.05, 0) is 85.3 Å². The molecule has 2 amide bonds. The summed E-state index contributed by atoms with van der Waals surface area (Å²) in [6.45, 7) is 0.710. The van der Waals surface area contributed by atoms with E-state index in [0.29, 0.717) is 40.8 Å². The zero-order valence-electron chi connectivity index (χ0n) is 17.6. The lowest BCUT2D eigenvalue weighted by Crippen LogP contribution is -2.36. The predicted octanol–water partition coefficient (Wildman–Crippen LogP) is 4.51. The highest BCUT2D eigenvalue weighted by Gasteiger charge is 2.44. The molecule has 0 unspecified atom stereocenters. The first kappa shape index (κ1) is 20.3. The summed E-state index contributed by atoms with van der Waals surface area (Å²) in [6.07, 6.45) is 3.12. The average Bonchev–Trinajstić information content (AvgIpc) is 3.17. The molecule has 3 aromatic carbocycles. The molecular weight excluding hydrogens is 404 g/mol. The number of ether oxygens (including phenoxy) is 1. The number of carbonyl (C=O) groups is 2. The summed E-state index contributed by atoms with van der Waals surface area (Å²) < 4.78 is 5.76. The number of carbonyl (C=O) groups excluding carboxylic acids is 2. The van der Waals surface area contributed by atoms with Gasteiger partial charge in [0.05, 0.1) is 11.1 Å². The van der Waals surface area contributed by atoms with Gasteiger partial charge in [-0.15, -0.1) is 0 Å². The summed E-state index contributed by atoms with van der Waals surface area (Å²) in [4.78, 5) is 25.3. The number of hydrogen-bond acceptors (Lipinski definition) is 4. The van der Waals surface area contributed by atoms with E-state index in [1.807, 2.05) is 42.5 Å². The topological polar surface area (TPSA) is 78.9 Å². The molecule has 2 aliphatic rings. The van der Waals surface area contributed by atoms with Crippen LogP contribution >= 0.6 is 0 Å². The lowest BCUT2D eigenvalue weighted by Gasteiger charge is -2.32. The second-order valence-electron chi connectivity index (χ2n) is 8.47. The summed E-state index contributed by atoms with van der Waals surface area (Å²) in [7, 11) is 0. The molecule has 2 N–H and O–H groups in total.